The molecule has 0 saturated carbocycles. The minimum absolute atomic E-state index is 0.0553. The molecule has 0 atom stereocenters. The van der Waals surface area contributed by atoms with Crippen LogP contribution in [0.15, 0.2) is 24.3 Å². The summed E-state index contributed by atoms with van der Waals surface area (Å²) in [7, 11) is -3.00. The molecule has 0 aliphatic heterocycles. The van der Waals surface area contributed by atoms with E-state index in [0.29, 0.717) is 18.7 Å². The van der Waals surface area contributed by atoms with E-state index in [-0.39, 0.29) is 23.8 Å². The van der Waals surface area contributed by atoms with Crippen molar-refractivity contribution in [2.24, 2.45) is 5.73 Å². The third-order valence-electron chi connectivity index (χ3n) is 2.75. The molecule has 0 bridgehead atoms. The molecule has 0 saturated heterocycles. The van der Waals surface area contributed by atoms with Gasteiger partial charge in [0.15, 0.2) is 0 Å². The average Bonchev–Trinajstić information content (AvgIpc) is 2.38. The van der Waals surface area contributed by atoms with E-state index in [1.54, 1.807) is 19.1 Å². The molecule has 1 aromatic rings. The summed E-state index contributed by atoms with van der Waals surface area (Å²) >= 11 is 0. The van der Waals surface area contributed by atoms with Crippen LogP contribution in [0.3, 0.4) is 0 Å². The highest BCUT2D eigenvalue weighted by Crippen LogP contribution is 2.11. The fraction of sp³-hybridized carbons (Fsp3) is 0.462. The maximum atomic E-state index is 11.6. The summed E-state index contributed by atoms with van der Waals surface area (Å²) < 4.78 is 22.6. The van der Waals surface area contributed by atoms with Gasteiger partial charge in [-0.25, -0.2) is 8.42 Å². The maximum absolute atomic E-state index is 11.6. The molecule has 0 aliphatic rings. The van der Waals surface area contributed by atoms with Gasteiger partial charge in [-0.3, -0.25) is 4.79 Å². The van der Waals surface area contributed by atoms with Crippen LogP contribution in [-0.4, -0.2) is 25.8 Å². The number of carbonyl (C=O) groups excluding carboxylic acids is 1. The van der Waals surface area contributed by atoms with E-state index in [2.05, 4.69) is 5.32 Å². The van der Waals surface area contributed by atoms with Crippen LogP contribution in [0.1, 0.15) is 25.3 Å². The van der Waals surface area contributed by atoms with Crippen molar-refractivity contribution < 1.29 is 13.2 Å². The molecule has 0 fully saturated rings. The van der Waals surface area contributed by atoms with E-state index in [4.69, 9.17) is 5.73 Å². The lowest BCUT2D eigenvalue weighted by molar-refractivity contribution is -0.116. The van der Waals surface area contributed by atoms with E-state index in [1.165, 1.54) is 0 Å². The molecule has 0 spiro atoms. The molecule has 19 heavy (non-hydrogen) atoms. The SMILES string of the molecule is CCS(=O)(=O)CCCC(=O)Nc1cccc(CN)c1. The van der Waals surface area contributed by atoms with Gasteiger partial charge in [0.05, 0.1) is 5.75 Å². The number of nitrogens with two attached hydrogens (primary N) is 1. The highest BCUT2D eigenvalue weighted by atomic mass is 32.2. The number of anilines is 1. The lowest BCUT2D eigenvalue weighted by atomic mass is 10.2. The molecular weight excluding hydrogens is 264 g/mol. The van der Waals surface area contributed by atoms with Crippen LogP contribution in [-0.2, 0) is 21.2 Å². The van der Waals surface area contributed by atoms with Gasteiger partial charge in [0, 0.05) is 24.4 Å². The molecule has 1 amide bonds. The van der Waals surface area contributed by atoms with Crippen LogP contribution in [0.4, 0.5) is 5.69 Å². The largest absolute Gasteiger partial charge is 0.326 e. The Labute approximate surface area is 114 Å². The van der Waals surface area contributed by atoms with Crippen molar-refractivity contribution in [2.75, 3.05) is 16.8 Å². The van der Waals surface area contributed by atoms with E-state index in [1.807, 2.05) is 12.1 Å². The zero-order chi connectivity index (χ0) is 14.3. The number of hydrogen-bond donors (Lipinski definition) is 2. The first-order chi connectivity index (χ1) is 8.96. The zero-order valence-electron chi connectivity index (χ0n) is 11.1. The van der Waals surface area contributed by atoms with Crippen molar-refractivity contribution in [3.05, 3.63) is 29.8 Å². The van der Waals surface area contributed by atoms with Gasteiger partial charge < -0.3 is 11.1 Å². The lowest BCUT2D eigenvalue weighted by Crippen LogP contribution is -2.15. The Hall–Kier alpha value is -1.40. The molecule has 106 valence electrons. The van der Waals surface area contributed by atoms with Gasteiger partial charge in [0.2, 0.25) is 5.91 Å². The smallest absolute Gasteiger partial charge is 0.224 e. The fourth-order valence-electron chi connectivity index (χ4n) is 1.60. The second kappa shape index (κ2) is 7.25. The van der Waals surface area contributed by atoms with Gasteiger partial charge in [-0.2, -0.15) is 0 Å². The summed E-state index contributed by atoms with van der Waals surface area (Å²) in [5.74, 6) is -0.00658. The number of amides is 1. The third-order valence-corrected chi connectivity index (χ3v) is 4.54. The molecule has 0 unspecified atom stereocenters. The quantitative estimate of drug-likeness (QED) is 0.789. The normalized spacial score (nSPS) is 11.3. The predicted octanol–water partition coefficient (Wildman–Crippen LogP) is 1.30. The van der Waals surface area contributed by atoms with Gasteiger partial charge in [0.25, 0.3) is 0 Å². The summed E-state index contributed by atoms with van der Waals surface area (Å²) in [6.07, 6.45) is 0.546. The molecule has 1 aromatic carbocycles. The Bertz CT molecular complexity index is 526. The molecule has 3 N–H and O–H groups in total. The lowest BCUT2D eigenvalue weighted by Gasteiger charge is -2.06. The Morgan fingerprint density at radius 1 is 1.37 bits per heavy atom. The van der Waals surface area contributed by atoms with Gasteiger partial charge in [0.1, 0.15) is 9.84 Å². The summed E-state index contributed by atoms with van der Waals surface area (Å²) in [5, 5.41) is 2.73. The van der Waals surface area contributed by atoms with E-state index >= 15 is 0 Å². The summed E-state index contributed by atoms with van der Waals surface area (Å²) in [6, 6.07) is 7.28. The molecule has 0 radical (unpaired) electrons. The zero-order valence-corrected chi connectivity index (χ0v) is 11.9. The molecule has 0 aliphatic carbocycles. The Kier molecular flexibility index (Phi) is 5.98. The van der Waals surface area contributed by atoms with Gasteiger partial charge in [-0.05, 0) is 24.1 Å². The molecule has 0 heterocycles. The van der Waals surface area contributed by atoms with E-state index in [0.717, 1.165) is 5.56 Å². The first-order valence-electron chi connectivity index (χ1n) is 6.26. The number of rotatable bonds is 7. The average molecular weight is 284 g/mol. The number of carbonyl (C=O) groups is 1. The maximum Gasteiger partial charge on any atom is 0.224 e. The highest BCUT2D eigenvalue weighted by Gasteiger charge is 2.09. The van der Waals surface area contributed by atoms with Crippen molar-refractivity contribution in [1.29, 1.82) is 0 Å². The Morgan fingerprint density at radius 2 is 2.11 bits per heavy atom. The fourth-order valence-corrected chi connectivity index (χ4v) is 2.47. The van der Waals surface area contributed by atoms with Crippen molar-refractivity contribution in [2.45, 2.75) is 26.3 Å². The van der Waals surface area contributed by atoms with Crippen molar-refractivity contribution in [3.63, 3.8) is 0 Å². The monoisotopic (exact) mass is 284 g/mol. The van der Waals surface area contributed by atoms with Crippen LogP contribution in [0.25, 0.3) is 0 Å². The second-order valence-electron chi connectivity index (χ2n) is 4.29. The van der Waals surface area contributed by atoms with Crippen LogP contribution in [0.2, 0.25) is 0 Å². The first-order valence-corrected chi connectivity index (χ1v) is 8.08. The van der Waals surface area contributed by atoms with Crippen molar-refractivity contribution in [1.82, 2.24) is 0 Å². The Morgan fingerprint density at radius 3 is 2.74 bits per heavy atom. The minimum atomic E-state index is -3.00. The van der Waals surface area contributed by atoms with Crippen LogP contribution in [0, 0.1) is 0 Å². The summed E-state index contributed by atoms with van der Waals surface area (Å²) in [5.41, 5.74) is 7.14. The minimum Gasteiger partial charge on any atom is -0.326 e. The summed E-state index contributed by atoms with van der Waals surface area (Å²) in [4.78, 5) is 11.6. The number of nitrogens with one attached hydrogen (secondary N) is 1. The molecule has 0 aromatic heterocycles. The van der Waals surface area contributed by atoms with Crippen molar-refractivity contribution >= 4 is 21.4 Å². The predicted molar refractivity (Wildman–Crippen MR) is 76.5 cm³/mol. The topological polar surface area (TPSA) is 89.3 Å². The number of sulfone groups is 1. The third kappa shape index (κ3) is 5.85. The second-order valence-corrected chi connectivity index (χ2v) is 6.77. The highest BCUT2D eigenvalue weighted by molar-refractivity contribution is 7.91. The van der Waals surface area contributed by atoms with Crippen LogP contribution >= 0.6 is 0 Å². The molecule has 6 heteroatoms. The number of benzene rings is 1. The van der Waals surface area contributed by atoms with Crippen LogP contribution < -0.4 is 11.1 Å². The van der Waals surface area contributed by atoms with Crippen LogP contribution in [0.5, 0.6) is 0 Å². The van der Waals surface area contributed by atoms with E-state index < -0.39 is 9.84 Å². The first kappa shape index (κ1) is 15.7. The molecule has 5 nitrogen and oxygen atoms in total. The Balaban J connectivity index is 2.43. The van der Waals surface area contributed by atoms with E-state index in [9.17, 15) is 13.2 Å². The van der Waals surface area contributed by atoms with Gasteiger partial charge in [-0.1, -0.05) is 19.1 Å². The number of hydrogen-bond acceptors (Lipinski definition) is 4. The summed E-state index contributed by atoms with van der Waals surface area (Å²) in [6.45, 7) is 2.02. The molecular formula is C13H20N2O3S. The standard InChI is InChI=1S/C13H20N2O3S/c1-2-19(17,18)8-4-7-13(16)15-12-6-3-5-11(9-12)10-14/h3,5-6,9H,2,4,7-8,10,14H2,1H3,(H,15,16). The van der Waals surface area contributed by atoms with Gasteiger partial charge in [-0.15, -0.1) is 0 Å². The molecule has 1 rings (SSSR count). The van der Waals surface area contributed by atoms with Crippen molar-refractivity contribution in [3.8, 4) is 0 Å². The van der Waals surface area contributed by atoms with Gasteiger partial charge >= 0.3 is 0 Å².